The molecule has 1 heterocycles. The SMILES string of the molecule is CCNC(=NCCCCn1ccccc1=O)NCCOC1CCCCCC1.I. The number of halogens is 1. The van der Waals surface area contributed by atoms with Crippen molar-refractivity contribution in [2.45, 2.75) is 70.9 Å². The van der Waals surface area contributed by atoms with Gasteiger partial charge in [-0.05, 0) is 38.7 Å². The van der Waals surface area contributed by atoms with Gasteiger partial charge in [0.1, 0.15) is 0 Å². The number of ether oxygens (including phenoxy) is 1. The van der Waals surface area contributed by atoms with Gasteiger partial charge in [-0.2, -0.15) is 0 Å². The summed E-state index contributed by atoms with van der Waals surface area (Å²) in [5, 5.41) is 6.63. The number of hydrogen-bond acceptors (Lipinski definition) is 3. The third-order valence-electron chi connectivity index (χ3n) is 4.87. The summed E-state index contributed by atoms with van der Waals surface area (Å²) in [4.78, 5) is 16.3. The molecular weight excluding hydrogens is 467 g/mol. The Hall–Kier alpha value is -1.09. The lowest BCUT2D eigenvalue weighted by molar-refractivity contribution is 0.0468. The molecule has 0 amide bonds. The van der Waals surface area contributed by atoms with Crippen molar-refractivity contribution in [2.24, 2.45) is 4.99 Å². The molecule has 6 nitrogen and oxygen atoms in total. The van der Waals surface area contributed by atoms with E-state index >= 15 is 0 Å². The van der Waals surface area contributed by atoms with E-state index in [-0.39, 0.29) is 29.5 Å². The summed E-state index contributed by atoms with van der Waals surface area (Å²) < 4.78 is 7.77. The molecule has 2 rings (SSSR count). The maximum Gasteiger partial charge on any atom is 0.250 e. The number of nitrogens with zero attached hydrogens (tertiary/aromatic N) is 2. The summed E-state index contributed by atoms with van der Waals surface area (Å²) in [6.45, 7) is 5.91. The second-order valence-corrected chi connectivity index (χ2v) is 7.11. The van der Waals surface area contributed by atoms with Crippen LogP contribution >= 0.6 is 24.0 Å². The Labute approximate surface area is 186 Å². The molecule has 1 aliphatic rings. The molecule has 0 radical (unpaired) electrons. The fraction of sp³-hybridized carbons (Fsp3) is 0.714. The maximum atomic E-state index is 11.7. The van der Waals surface area contributed by atoms with Crippen LogP contribution in [0.5, 0.6) is 0 Å². The van der Waals surface area contributed by atoms with Crippen LogP contribution in [0.2, 0.25) is 0 Å². The first-order valence-electron chi connectivity index (χ1n) is 10.6. The summed E-state index contributed by atoms with van der Waals surface area (Å²) in [6, 6.07) is 5.27. The molecule has 0 aliphatic heterocycles. The summed E-state index contributed by atoms with van der Waals surface area (Å²) in [7, 11) is 0. The highest BCUT2D eigenvalue weighted by Crippen LogP contribution is 2.19. The minimum atomic E-state index is 0. The third kappa shape index (κ3) is 10.5. The molecule has 1 saturated carbocycles. The molecule has 2 N–H and O–H groups in total. The van der Waals surface area contributed by atoms with Gasteiger partial charge in [-0.3, -0.25) is 9.79 Å². The molecule has 0 aromatic carbocycles. The molecule has 0 saturated heterocycles. The van der Waals surface area contributed by atoms with Gasteiger partial charge in [-0.1, -0.05) is 31.7 Å². The average molecular weight is 504 g/mol. The quantitative estimate of drug-likeness (QED) is 0.168. The number of hydrogen-bond donors (Lipinski definition) is 2. The molecule has 1 aromatic rings. The number of aryl methyl sites for hydroxylation is 1. The summed E-state index contributed by atoms with van der Waals surface area (Å²) >= 11 is 0. The van der Waals surface area contributed by atoms with E-state index in [1.54, 1.807) is 16.7 Å². The zero-order valence-corrected chi connectivity index (χ0v) is 19.5. The largest absolute Gasteiger partial charge is 0.376 e. The standard InChI is InChI=1S/C21H36N4O2.HI/c1-2-22-21(24-15-18-27-19-11-5-3-4-6-12-19)23-14-8-10-17-25-16-9-7-13-20(25)26;/h7,9,13,16,19H,2-6,8,10-12,14-15,17-18H2,1H3,(H2,22,23,24);1H. The van der Waals surface area contributed by atoms with Crippen molar-refractivity contribution in [3.63, 3.8) is 0 Å². The van der Waals surface area contributed by atoms with Gasteiger partial charge in [0.2, 0.25) is 5.56 Å². The van der Waals surface area contributed by atoms with Gasteiger partial charge in [0.25, 0.3) is 0 Å². The van der Waals surface area contributed by atoms with Crippen LogP contribution in [-0.4, -0.2) is 42.9 Å². The predicted molar refractivity (Wildman–Crippen MR) is 127 cm³/mol. The fourth-order valence-electron chi connectivity index (χ4n) is 3.38. The molecule has 0 spiro atoms. The van der Waals surface area contributed by atoms with Crippen molar-refractivity contribution >= 4 is 29.9 Å². The third-order valence-corrected chi connectivity index (χ3v) is 4.87. The number of pyridine rings is 1. The Morgan fingerprint density at radius 3 is 2.68 bits per heavy atom. The molecule has 0 unspecified atom stereocenters. The molecule has 1 aromatic heterocycles. The van der Waals surface area contributed by atoms with Crippen LogP contribution in [0, 0.1) is 0 Å². The minimum Gasteiger partial charge on any atom is -0.376 e. The van der Waals surface area contributed by atoms with Gasteiger partial charge in [0, 0.05) is 38.4 Å². The van der Waals surface area contributed by atoms with E-state index in [9.17, 15) is 4.79 Å². The van der Waals surface area contributed by atoms with E-state index < -0.39 is 0 Å². The number of rotatable bonds is 10. The first-order valence-corrected chi connectivity index (χ1v) is 10.6. The van der Waals surface area contributed by atoms with Gasteiger partial charge in [-0.15, -0.1) is 24.0 Å². The van der Waals surface area contributed by atoms with Crippen molar-refractivity contribution < 1.29 is 4.74 Å². The lowest BCUT2D eigenvalue weighted by atomic mass is 10.1. The molecule has 1 fully saturated rings. The Morgan fingerprint density at radius 1 is 1.18 bits per heavy atom. The zero-order valence-electron chi connectivity index (χ0n) is 17.2. The smallest absolute Gasteiger partial charge is 0.250 e. The highest BCUT2D eigenvalue weighted by atomic mass is 127. The van der Waals surface area contributed by atoms with Crippen LogP contribution in [-0.2, 0) is 11.3 Å². The Kier molecular flexibility index (Phi) is 14.1. The van der Waals surface area contributed by atoms with E-state index in [2.05, 4.69) is 22.5 Å². The van der Waals surface area contributed by atoms with E-state index in [1.807, 2.05) is 12.3 Å². The van der Waals surface area contributed by atoms with Crippen molar-refractivity contribution in [1.29, 1.82) is 0 Å². The lowest BCUT2D eigenvalue weighted by Crippen LogP contribution is -2.39. The number of guanidine groups is 1. The van der Waals surface area contributed by atoms with Crippen LogP contribution in [0.25, 0.3) is 0 Å². The summed E-state index contributed by atoms with van der Waals surface area (Å²) in [5.74, 6) is 0.846. The van der Waals surface area contributed by atoms with Crippen molar-refractivity contribution in [3.8, 4) is 0 Å². The summed E-state index contributed by atoms with van der Waals surface area (Å²) in [5.41, 5.74) is 0.0599. The predicted octanol–water partition coefficient (Wildman–Crippen LogP) is 3.54. The van der Waals surface area contributed by atoms with E-state index in [0.29, 0.717) is 6.10 Å². The fourth-order valence-corrected chi connectivity index (χ4v) is 3.38. The maximum absolute atomic E-state index is 11.7. The Bertz CT molecular complexity index is 598. The van der Waals surface area contributed by atoms with Gasteiger partial charge < -0.3 is 19.9 Å². The highest BCUT2D eigenvalue weighted by Gasteiger charge is 2.12. The Morgan fingerprint density at radius 2 is 1.96 bits per heavy atom. The van der Waals surface area contributed by atoms with Crippen LogP contribution in [0.3, 0.4) is 0 Å². The molecule has 1 aliphatic carbocycles. The highest BCUT2D eigenvalue weighted by molar-refractivity contribution is 14.0. The average Bonchev–Trinajstić information content (AvgIpc) is 2.95. The zero-order chi connectivity index (χ0) is 19.2. The van der Waals surface area contributed by atoms with E-state index in [1.165, 1.54) is 38.5 Å². The molecule has 160 valence electrons. The van der Waals surface area contributed by atoms with Crippen LogP contribution in [0.15, 0.2) is 34.2 Å². The lowest BCUT2D eigenvalue weighted by Gasteiger charge is -2.16. The van der Waals surface area contributed by atoms with Gasteiger partial charge in [0.15, 0.2) is 5.96 Å². The van der Waals surface area contributed by atoms with Crippen molar-refractivity contribution in [3.05, 3.63) is 34.7 Å². The number of nitrogens with one attached hydrogen (secondary N) is 2. The van der Waals surface area contributed by atoms with E-state index in [4.69, 9.17) is 4.74 Å². The van der Waals surface area contributed by atoms with Gasteiger partial charge in [-0.25, -0.2) is 0 Å². The van der Waals surface area contributed by atoms with Crippen LogP contribution < -0.4 is 16.2 Å². The second kappa shape index (κ2) is 15.8. The number of aliphatic imine (C=N–C) groups is 1. The van der Waals surface area contributed by atoms with Crippen molar-refractivity contribution in [2.75, 3.05) is 26.2 Å². The van der Waals surface area contributed by atoms with Gasteiger partial charge in [0.05, 0.1) is 12.7 Å². The van der Waals surface area contributed by atoms with Crippen molar-refractivity contribution in [1.82, 2.24) is 15.2 Å². The molecular formula is C21H37IN4O2. The van der Waals surface area contributed by atoms with Crippen LogP contribution in [0.4, 0.5) is 0 Å². The number of aromatic nitrogens is 1. The monoisotopic (exact) mass is 504 g/mol. The molecule has 0 bridgehead atoms. The Balaban J connectivity index is 0.00000392. The first kappa shape index (κ1) is 24.9. The van der Waals surface area contributed by atoms with Crippen LogP contribution in [0.1, 0.15) is 58.3 Å². The molecule has 7 heteroatoms. The normalized spacial score (nSPS) is 15.5. The first-order chi connectivity index (χ1) is 13.3. The number of unbranched alkanes of at least 4 members (excludes halogenated alkanes) is 1. The molecule has 0 atom stereocenters. The second-order valence-electron chi connectivity index (χ2n) is 7.11. The molecule has 28 heavy (non-hydrogen) atoms. The summed E-state index contributed by atoms with van der Waals surface area (Å²) in [6.07, 6.45) is 11.9. The minimum absolute atomic E-state index is 0. The topological polar surface area (TPSA) is 67.7 Å². The van der Waals surface area contributed by atoms with Gasteiger partial charge >= 0.3 is 0 Å². The van der Waals surface area contributed by atoms with E-state index in [0.717, 1.165) is 51.6 Å².